The zero-order chi connectivity index (χ0) is 12.6. The molecule has 4 heteroatoms. The fourth-order valence-corrected chi connectivity index (χ4v) is 1.90. The molecule has 1 atom stereocenters. The van der Waals surface area contributed by atoms with E-state index in [1.165, 1.54) is 6.07 Å². The number of Topliss-reactive ketones (excluding diaryl/α,β-unsaturated/α-hetero) is 1. The van der Waals surface area contributed by atoms with Crippen molar-refractivity contribution >= 4 is 17.6 Å². The molecule has 0 aliphatic carbocycles. The summed E-state index contributed by atoms with van der Waals surface area (Å²) in [5.74, 6) is -1.69. The highest BCUT2D eigenvalue weighted by Crippen LogP contribution is 2.22. The number of amides is 2. The summed E-state index contributed by atoms with van der Waals surface area (Å²) in [6.45, 7) is 3.63. The molecule has 1 aromatic rings. The lowest BCUT2D eigenvalue weighted by atomic mass is 9.96. The topological polar surface area (TPSA) is 54.5 Å². The Kier molecular flexibility index (Phi) is 2.79. The summed E-state index contributed by atoms with van der Waals surface area (Å²) in [6, 6.07) is 6.18. The van der Waals surface area contributed by atoms with Crippen molar-refractivity contribution in [3.63, 3.8) is 0 Å². The molecule has 1 aliphatic heterocycles. The smallest absolute Gasteiger partial charge is 0.283 e. The maximum atomic E-state index is 12.1. The summed E-state index contributed by atoms with van der Waals surface area (Å²) < 4.78 is 0. The van der Waals surface area contributed by atoms with Crippen molar-refractivity contribution in [2.24, 2.45) is 0 Å². The molecule has 88 valence electrons. The monoisotopic (exact) mass is 231 g/mol. The van der Waals surface area contributed by atoms with Gasteiger partial charge in [0.25, 0.3) is 11.7 Å². The summed E-state index contributed by atoms with van der Waals surface area (Å²) >= 11 is 0. The third-order valence-electron chi connectivity index (χ3n) is 3.07. The highest BCUT2D eigenvalue weighted by atomic mass is 16.2. The van der Waals surface area contributed by atoms with Crippen LogP contribution in [0.3, 0.4) is 0 Å². The Hall–Kier alpha value is -1.97. The summed E-state index contributed by atoms with van der Waals surface area (Å²) in [4.78, 5) is 36.9. The van der Waals surface area contributed by atoms with Crippen LogP contribution in [0.5, 0.6) is 0 Å². The molecule has 0 radical (unpaired) electrons. The van der Waals surface area contributed by atoms with Crippen LogP contribution in [-0.4, -0.2) is 28.5 Å². The van der Waals surface area contributed by atoms with Gasteiger partial charge in [-0.15, -0.1) is 0 Å². The van der Waals surface area contributed by atoms with Gasteiger partial charge in [-0.05, 0) is 19.4 Å². The van der Waals surface area contributed by atoms with Crippen LogP contribution in [0.25, 0.3) is 0 Å². The molecule has 4 nitrogen and oxygen atoms in total. The molecule has 0 saturated heterocycles. The molecule has 17 heavy (non-hydrogen) atoms. The van der Waals surface area contributed by atoms with Crippen molar-refractivity contribution in [2.45, 2.75) is 26.3 Å². The number of benzene rings is 1. The molecule has 0 fully saturated rings. The van der Waals surface area contributed by atoms with E-state index in [0.29, 0.717) is 12.0 Å². The van der Waals surface area contributed by atoms with E-state index < -0.39 is 11.7 Å². The molecule has 1 heterocycles. The molecule has 0 saturated carbocycles. The van der Waals surface area contributed by atoms with Crippen molar-refractivity contribution in [2.75, 3.05) is 0 Å². The van der Waals surface area contributed by atoms with Crippen molar-refractivity contribution in [1.82, 2.24) is 4.90 Å². The van der Waals surface area contributed by atoms with Gasteiger partial charge in [-0.2, -0.15) is 0 Å². The van der Waals surface area contributed by atoms with Gasteiger partial charge in [-0.1, -0.05) is 25.1 Å². The Morgan fingerprint density at radius 3 is 2.24 bits per heavy atom. The molecule has 0 N–H and O–H groups in total. The first-order chi connectivity index (χ1) is 8.07. The van der Waals surface area contributed by atoms with Gasteiger partial charge < -0.3 is 0 Å². The first-order valence-electron chi connectivity index (χ1n) is 5.59. The molecular formula is C13H13NO3. The Morgan fingerprint density at radius 1 is 1.06 bits per heavy atom. The summed E-state index contributed by atoms with van der Waals surface area (Å²) in [6.07, 6.45) is 0.632. The molecule has 0 aromatic heterocycles. The molecule has 1 unspecified atom stereocenters. The molecule has 1 aliphatic rings. The zero-order valence-corrected chi connectivity index (χ0v) is 9.77. The van der Waals surface area contributed by atoms with Gasteiger partial charge in [0.05, 0.1) is 5.56 Å². The largest absolute Gasteiger partial charge is 0.302 e. The van der Waals surface area contributed by atoms with Crippen LogP contribution in [0.15, 0.2) is 24.3 Å². The van der Waals surface area contributed by atoms with E-state index in [9.17, 15) is 14.4 Å². The van der Waals surface area contributed by atoms with Gasteiger partial charge in [-0.3, -0.25) is 19.3 Å². The first kappa shape index (κ1) is 11.5. The minimum absolute atomic E-state index is 0.210. The normalized spacial score (nSPS) is 17.1. The maximum Gasteiger partial charge on any atom is 0.302 e. The summed E-state index contributed by atoms with van der Waals surface area (Å²) in [7, 11) is 0. The number of hydrogen-bond acceptors (Lipinski definition) is 3. The van der Waals surface area contributed by atoms with E-state index in [-0.39, 0.29) is 17.5 Å². The van der Waals surface area contributed by atoms with Gasteiger partial charge >= 0.3 is 5.91 Å². The summed E-state index contributed by atoms with van der Waals surface area (Å²) in [5, 5.41) is 0. The lowest BCUT2D eigenvalue weighted by Gasteiger charge is -2.30. The van der Waals surface area contributed by atoms with E-state index >= 15 is 0 Å². The van der Waals surface area contributed by atoms with Gasteiger partial charge in [0, 0.05) is 11.6 Å². The molecule has 2 amide bonds. The number of rotatable bonds is 2. The summed E-state index contributed by atoms with van der Waals surface area (Å²) in [5.41, 5.74) is 0.527. The number of hydrogen-bond donors (Lipinski definition) is 0. The van der Waals surface area contributed by atoms with E-state index in [0.717, 1.165) is 4.90 Å². The Balaban J connectivity index is 2.55. The predicted octanol–water partition coefficient (Wildman–Crippen LogP) is 1.65. The first-order valence-corrected chi connectivity index (χ1v) is 5.59. The molecule has 2 rings (SSSR count). The van der Waals surface area contributed by atoms with Gasteiger partial charge in [-0.25, -0.2) is 0 Å². The number of carbonyl (C=O) groups is 3. The number of carbonyl (C=O) groups excluding carboxylic acids is 3. The molecule has 1 aromatic carbocycles. The van der Waals surface area contributed by atoms with Crippen LogP contribution >= 0.6 is 0 Å². The Labute approximate surface area is 99.2 Å². The second-order valence-corrected chi connectivity index (χ2v) is 4.11. The number of imide groups is 1. The third kappa shape index (κ3) is 1.65. The molecule has 0 bridgehead atoms. The van der Waals surface area contributed by atoms with E-state index in [2.05, 4.69) is 0 Å². The van der Waals surface area contributed by atoms with E-state index in [4.69, 9.17) is 0 Å². The fraction of sp³-hybridized carbons (Fsp3) is 0.308. The standard InChI is InChI=1S/C13H13NO3/c1-3-8(2)14-12(16)10-7-5-4-6-9(10)11(15)13(14)17/h4-8H,3H2,1-2H3. The van der Waals surface area contributed by atoms with Gasteiger partial charge in [0.1, 0.15) is 0 Å². The lowest BCUT2D eigenvalue weighted by molar-refractivity contribution is -0.125. The minimum Gasteiger partial charge on any atom is -0.283 e. The second-order valence-electron chi connectivity index (χ2n) is 4.11. The fourth-order valence-electron chi connectivity index (χ4n) is 1.90. The van der Waals surface area contributed by atoms with Gasteiger partial charge in [0.2, 0.25) is 0 Å². The zero-order valence-electron chi connectivity index (χ0n) is 9.77. The highest BCUT2D eigenvalue weighted by Gasteiger charge is 2.39. The minimum atomic E-state index is -0.719. The number of ketones is 1. The Morgan fingerprint density at radius 2 is 1.65 bits per heavy atom. The average Bonchev–Trinajstić information content (AvgIpc) is 2.36. The quantitative estimate of drug-likeness (QED) is 0.574. The van der Waals surface area contributed by atoms with E-state index in [1.807, 2.05) is 6.92 Å². The Bertz CT molecular complexity index is 507. The SMILES string of the molecule is CCC(C)N1C(=O)C(=O)c2ccccc2C1=O. The van der Waals surface area contributed by atoms with Crippen LogP contribution in [0.4, 0.5) is 0 Å². The van der Waals surface area contributed by atoms with Crippen molar-refractivity contribution in [3.8, 4) is 0 Å². The van der Waals surface area contributed by atoms with Crippen LogP contribution in [0.2, 0.25) is 0 Å². The van der Waals surface area contributed by atoms with Gasteiger partial charge in [0.15, 0.2) is 0 Å². The van der Waals surface area contributed by atoms with Crippen LogP contribution < -0.4 is 0 Å². The number of nitrogens with zero attached hydrogens (tertiary/aromatic N) is 1. The van der Waals surface area contributed by atoms with Crippen molar-refractivity contribution < 1.29 is 14.4 Å². The third-order valence-corrected chi connectivity index (χ3v) is 3.07. The van der Waals surface area contributed by atoms with Crippen LogP contribution in [0.1, 0.15) is 41.0 Å². The van der Waals surface area contributed by atoms with Crippen molar-refractivity contribution in [1.29, 1.82) is 0 Å². The molecule has 0 spiro atoms. The van der Waals surface area contributed by atoms with E-state index in [1.54, 1.807) is 25.1 Å². The number of fused-ring (bicyclic) bond motifs is 1. The van der Waals surface area contributed by atoms with Crippen LogP contribution in [-0.2, 0) is 4.79 Å². The van der Waals surface area contributed by atoms with Crippen molar-refractivity contribution in [3.05, 3.63) is 35.4 Å². The average molecular weight is 231 g/mol. The lowest BCUT2D eigenvalue weighted by Crippen LogP contribution is -2.50. The van der Waals surface area contributed by atoms with Crippen LogP contribution in [0, 0.1) is 0 Å². The second kappa shape index (κ2) is 4.13. The maximum absolute atomic E-state index is 12.1. The highest BCUT2D eigenvalue weighted by molar-refractivity contribution is 6.49. The predicted molar refractivity (Wildman–Crippen MR) is 61.7 cm³/mol. The molecular weight excluding hydrogens is 218 g/mol.